The first kappa shape index (κ1) is 16.1. The van der Waals surface area contributed by atoms with Crippen LogP contribution in [0.25, 0.3) is 0 Å². The number of aliphatic hydroxyl groups excluding tert-OH is 1. The monoisotopic (exact) mass is 331 g/mol. The predicted octanol–water partition coefficient (Wildman–Crippen LogP) is 2.17. The second kappa shape index (κ2) is 7.19. The van der Waals surface area contributed by atoms with Gasteiger partial charge >= 0.3 is 0 Å². The number of likely N-dealkylation sites (tertiary alicyclic amines) is 1. The molecular weight excluding hydrogens is 310 g/mol. The SMILES string of the molecule is Cn1ccnc1SCc1cccc(C(=O)N2CCC(CO)C2)c1. The number of aliphatic hydroxyl groups is 1. The number of carbonyl (C=O) groups excluding carboxylic acids is 1. The molecule has 1 saturated heterocycles. The van der Waals surface area contributed by atoms with E-state index < -0.39 is 0 Å². The molecule has 1 atom stereocenters. The first-order valence-corrected chi connectivity index (χ1v) is 8.75. The van der Waals surface area contributed by atoms with Gasteiger partial charge in [-0.05, 0) is 24.1 Å². The summed E-state index contributed by atoms with van der Waals surface area (Å²) >= 11 is 1.66. The normalized spacial score (nSPS) is 17.7. The van der Waals surface area contributed by atoms with Gasteiger partial charge in [-0.1, -0.05) is 23.9 Å². The molecule has 6 heteroatoms. The number of amides is 1. The van der Waals surface area contributed by atoms with Crippen LogP contribution in [0.15, 0.2) is 41.8 Å². The predicted molar refractivity (Wildman–Crippen MR) is 90.3 cm³/mol. The number of nitrogens with zero attached hydrogens (tertiary/aromatic N) is 3. The van der Waals surface area contributed by atoms with Crippen LogP contribution in [0.4, 0.5) is 0 Å². The van der Waals surface area contributed by atoms with E-state index in [4.69, 9.17) is 0 Å². The fourth-order valence-electron chi connectivity index (χ4n) is 2.78. The molecule has 0 radical (unpaired) electrons. The van der Waals surface area contributed by atoms with Crippen molar-refractivity contribution in [2.45, 2.75) is 17.3 Å². The number of aryl methyl sites for hydroxylation is 1. The lowest BCUT2D eigenvalue weighted by molar-refractivity contribution is 0.0782. The molecule has 2 aromatic rings. The minimum absolute atomic E-state index is 0.0600. The Morgan fingerprint density at radius 3 is 3.04 bits per heavy atom. The third-order valence-corrected chi connectivity index (χ3v) is 5.28. The second-order valence-electron chi connectivity index (χ2n) is 5.90. The lowest BCUT2D eigenvalue weighted by Crippen LogP contribution is -2.29. The van der Waals surface area contributed by atoms with Crippen molar-refractivity contribution in [1.29, 1.82) is 0 Å². The first-order valence-electron chi connectivity index (χ1n) is 7.76. The summed E-state index contributed by atoms with van der Waals surface area (Å²) < 4.78 is 1.99. The zero-order valence-electron chi connectivity index (χ0n) is 13.2. The average molecular weight is 331 g/mol. The van der Waals surface area contributed by atoms with Gasteiger partial charge in [0.1, 0.15) is 0 Å². The molecule has 1 unspecified atom stereocenters. The van der Waals surface area contributed by atoms with Crippen molar-refractivity contribution in [3.63, 3.8) is 0 Å². The molecule has 1 aromatic carbocycles. The topological polar surface area (TPSA) is 58.4 Å². The van der Waals surface area contributed by atoms with Crippen LogP contribution in [0, 0.1) is 5.92 Å². The van der Waals surface area contributed by atoms with Crippen molar-refractivity contribution < 1.29 is 9.90 Å². The van der Waals surface area contributed by atoms with Crippen LogP contribution in [0.2, 0.25) is 0 Å². The molecule has 1 N–H and O–H groups in total. The maximum absolute atomic E-state index is 12.6. The largest absolute Gasteiger partial charge is 0.396 e. The third kappa shape index (κ3) is 3.76. The van der Waals surface area contributed by atoms with E-state index in [0.717, 1.165) is 35.0 Å². The summed E-state index contributed by atoms with van der Waals surface area (Å²) in [4.78, 5) is 18.7. The highest BCUT2D eigenvalue weighted by molar-refractivity contribution is 7.98. The number of benzene rings is 1. The van der Waals surface area contributed by atoms with E-state index in [2.05, 4.69) is 4.98 Å². The van der Waals surface area contributed by atoms with Gasteiger partial charge in [-0.3, -0.25) is 4.79 Å². The van der Waals surface area contributed by atoms with Gasteiger partial charge < -0.3 is 14.6 Å². The van der Waals surface area contributed by atoms with Crippen molar-refractivity contribution in [2.75, 3.05) is 19.7 Å². The summed E-state index contributed by atoms with van der Waals surface area (Å²) in [5, 5.41) is 10.2. The summed E-state index contributed by atoms with van der Waals surface area (Å²) in [6, 6.07) is 7.79. The minimum Gasteiger partial charge on any atom is -0.396 e. The molecule has 5 nitrogen and oxygen atoms in total. The summed E-state index contributed by atoms with van der Waals surface area (Å²) in [5.74, 6) is 1.07. The lowest BCUT2D eigenvalue weighted by Gasteiger charge is -2.16. The van der Waals surface area contributed by atoms with Gasteiger partial charge in [0, 0.05) is 56.4 Å². The Morgan fingerprint density at radius 2 is 2.35 bits per heavy atom. The standard InChI is InChI=1S/C17H21N3O2S/c1-19-8-6-18-17(19)23-12-13-3-2-4-15(9-13)16(22)20-7-5-14(10-20)11-21/h2-4,6,8-9,14,21H,5,7,10-12H2,1H3. The first-order chi connectivity index (χ1) is 11.2. The Labute approximate surface area is 140 Å². The number of imidazole rings is 1. The molecule has 0 saturated carbocycles. The van der Waals surface area contributed by atoms with E-state index in [1.54, 1.807) is 18.0 Å². The Balaban J connectivity index is 1.65. The average Bonchev–Trinajstić information content (AvgIpc) is 3.21. The van der Waals surface area contributed by atoms with Crippen molar-refractivity contribution in [2.24, 2.45) is 13.0 Å². The van der Waals surface area contributed by atoms with Gasteiger partial charge in [0.15, 0.2) is 5.16 Å². The highest BCUT2D eigenvalue weighted by atomic mass is 32.2. The Kier molecular flexibility index (Phi) is 5.03. The number of rotatable bonds is 5. The van der Waals surface area contributed by atoms with Crippen LogP contribution in [0.5, 0.6) is 0 Å². The molecule has 1 amide bonds. The molecule has 0 aliphatic carbocycles. The number of hydrogen-bond donors (Lipinski definition) is 1. The zero-order valence-corrected chi connectivity index (χ0v) is 14.0. The maximum Gasteiger partial charge on any atom is 0.253 e. The van der Waals surface area contributed by atoms with Crippen LogP contribution >= 0.6 is 11.8 Å². The van der Waals surface area contributed by atoms with Crippen LogP contribution in [0.3, 0.4) is 0 Å². The molecule has 1 fully saturated rings. The molecule has 0 bridgehead atoms. The minimum atomic E-state index is 0.0600. The van der Waals surface area contributed by atoms with E-state index in [-0.39, 0.29) is 18.4 Å². The highest BCUT2D eigenvalue weighted by Gasteiger charge is 2.26. The molecule has 1 aliphatic rings. The van der Waals surface area contributed by atoms with Crippen LogP contribution in [-0.2, 0) is 12.8 Å². The fraction of sp³-hybridized carbons (Fsp3) is 0.412. The number of hydrogen-bond acceptors (Lipinski definition) is 4. The summed E-state index contributed by atoms with van der Waals surface area (Å²) in [5.41, 5.74) is 1.84. The zero-order chi connectivity index (χ0) is 16.2. The van der Waals surface area contributed by atoms with E-state index in [0.29, 0.717) is 6.54 Å². The van der Waals surface area contributed by atoms with Crippen molar-refractivity contribution in [1.82, 2.24) is 14.5 Å². The van der Waals surface area contributed by atoms with Crippen molar-refractivity contribution in [3.05, 3.63) is 47.8 Å². The quantitative estimate of drug-likeness (QED) is 0.853. The maximum atomic E-state index is 12.6. The smallest absolute Gasteiger partial charge is 0.253 e. The molecule has 1 aliphatic heterocycles. The van der Waals surface area contributed by atoms with Crippen LogP contribution in [-0.4, -0.2) is 45.2 Å². The number of thioether (sulfide) groups is 1. The molecule has 1 aromatic heterocycles. The molecule has 122 valence electrons. The van der Waals surface area contributed by atoms with E-state index in [1.165, 1.54) is 0 Å². The Morgan fingerprint density at radius 1 is 1.48 bits per heavy atom. The van der Waals surface area contributed by atoms with Gasteiger partial charge in [-0.15, -0.1) is 0 Å². The van der Waals surface area contributed by atoms with E-state index in [9.17, 15) is 9.90 Å². The Hall–Kier alpha value is -1.79. The summed E-state index contributed by atoms with van der Waals surface area (Å²) in [6.07, 6.45) is 4.59. The van der Waals surface area contributed by atoms with E-state index in [1.807, 2.05) is 47.0 Å². The lowest BCUT2D eigenvalue weighted by atomic mass is 10.1. The van der Waals surface area contributed by atoms with Gasteiger partial charge in [-0.25, -0.2) is 4.98 Å². The molecular formula is C17H21N3O2S. The van der Waals surface area contributed by atoms with Gasteiger partial charge in [0.25, 0.3) is 5.91 Å². The molecule has 0 spiro atoms. The highest BCUT2D eigenvalue weighted by Crippen LogP contribution is 2.23. The van der Waals surface area contributed by atoms with Gasteiger partial charge in [-0.2, -0.15) is 0 Å². The van der Waals surface area contributed by atoms with Crippen LogP contribution in [0.1, 0.15) is 22.3 Å². The second-order valence-corrected chi connectivity index (χ2v) is 6.84. The van der Waals surface area contributed by atoms with E-state index >= 15 is 0 Å². The number of carbonyl (C=O) groups is 1. The van der Waals surface area contributed by atoms with Crippen LogP contribution < -0.4 is 0 Å². The fourth-order valence-corrected chi connectivity index (χ4v) is 3.66. The van der Waals surface area contributed by atoms with Crippen molar-refractivity contribution in [3.8, 4) is 0 Å². The summed E-state index contributed by atoms with van der Waals surface area (Å²) in [7, 11) is 1.97. The third-order valence-electron chi connectivity index (χ3n) is 4.15. The number of aromatic nitrogens is 2. The summed E-state index contributed by atoms with van der Waals surface area (Å²) in [6.45, 7) is 1.54. The molecule has 2 heterocycles. The van der Waals surface area contributed by atoms with Gasteiger partial charge in [0.2, 0.25) is 0 Å². The Bertz CT molecular complexity index is 686. The van der Waals surface area contributed by atoms with Crippen molar-refractivity contribution >= 4 is 17.7 Å². The van der Waals surface area contributed by atoms with Gasteiger partial charge in [0.05, 0.1) is 0 Å². The molecule has 3 rings (SSSR count). The molecule has 23 heavy (non-hydrogen) atoms.